The normalized spacial score (nSPS) is 15.2. The van der Waals surface area contributed by atoms with Crippen molar-refractivity contribution >= 4 is 22.8 Å². The first-order valence-electron chi connectivity index (χ1n) is 11.8. The molecule has 0 aliphatic carbocycles. The van der Waals surface area contributed by atoms with Crippen LogP contribution >= 0.6 is 0 Å². The summed E-state index contributed by atoms with van der Waals surface area (Å²) in [6, 6.07) is 7.74. The minimum absolute atomic E-state index is 0.208. The average molecular weight is 483 g/mol. The van der Waals surface area contributed by atoms with E-state index < -0.39 is 5.97 Å². The van der Waals surface area contributed by atoms with E-state index >= 15 is 0 Å². The van der Waals surface area contributed by atoms with Crippen LogP contribution < -0.4 is 20.9 Å². The van der Waals surface area contributed by atoms with Gasteiger partial charge in [0.25, 0.3) is 17.4 Å². The number of aromatic nitrogens is 2. The Morgan fingerprint density at radius 3 is 2.74 bits per heavy atom. The summed E-state index contributed by atoms with van der Waals surface area (Å²) in [6.45, 7) is 5.94. The van der Waals surface area contributed by atoms with Gasteiger partial charge in [-0.1, -0.05) is 0 Å². The zero-order valence-electron chi connectivity index (χ0n) is 20.5. The third-order valence-electron chi connectivity index (χ3n) is 6.11. The number of carbonyl (C=O) groups excluding carboxylic acids is 1. The van der Waals surface area contributed by atoms with Gasteiger partial charge < -0.3 is 30.0 Å². The Balaban J connectivity index is 0.000000795. The molecule has 0 spiro atoms. The number of benzene rings is 1. The van der Waals surface area contributed by atoms with Crippen molar-refractivity contribution in [3.63, 3.8) is 0 Å². The number of piperidine rings is 1. The van der Waals surface area contributed by atoms with Gasteiger partial charge in [0.05, 0.1) is 7.11 Å². The maximum absolute atomic E-state index is 13.0. The second kappa shape index (κ2) is 12.2. The monoisotopic (exact) mass is 482 g/mol. The highest BCUT2D eigenvalue weighted by Crippen LogP contribution is 2.23. The number of amides is 1. The maximum Gasteiger partial charge on any atom is 0.300 e. The van der Waals surface area contributed by atoms with Crippen LogP contribution in [0.3, 0.4) is 0 Å². The molecule has 2 aromatic heterocycles. The Hall–Kier alpha value is -3.59. The number of carboxylic acids is 1. The van der Waals surface area contributed by atoms with Crippen molar-refractivity contribution in [1.82, 2.24) is 20.2 Å². The fraction of sp³-hybridized carbons (Fsp3) is 0.423. The van der Waals surface area contributed by atoms with Crippen molar-refractivity contribution in [1.29, 1.82) is 0 Å². The van der Waals surface area contributed by atoms with E-state index in [0.29, 0.717) is 31.0 Å². The fourth-order valence-corrected chi connectivity index (χ4v) is 4.33. The zero-order valence-corrected chi connectivity index (χ0v) is 20.5. The molecule has 1 amide bonds. The number of carbonyl (C=O) groups is 2. The summed E-state index contributed by atoms with van der Waals surface area (Å²) in [7, 11) is 1.65. The van der Waals surface area contributed by atoms with Gasteiger partial charge in [0.2, 0.25) is 0 Å². The minimum atomic E-state index is -0.833. The molecule has 1 fully saturated rings. The molecule has 0 bridgehead atoms. The van der Waals surface area contributed by atoms with E-state index in [2.05, 4.69) is 15.6 Å². The molecular formula is C26H34N4O5. The number of ether oxygens (including phenoxy) is 1. The number of aromatic amines is 1. The van der Waals surface area contributed by atoms with Gasteiger partial charge in [-0.3, -0.25) is 14.4 Å². The number of methoxy groups -OCH3 is 1. The molecule has 4 rings (SSSR count). The molecule has 9 nitrogen and oxygen atoms in total. The Labute approximate surface area is 204 Å². The van der Waals surface area contributed by atoms with E-state index in [9.17, 15) is 9.59 Å². The number of rotatable bonds is 7. The summed E-state index contributed by atoms with van der Waals surface area (Å²) in [5.74, 6) is 0.0750. The summed E-state index contributed by atoms with van der Waals surface area (Å²) in [4.78, 5) is 38.1. The van der Waals surface area contributed by atoms with Crippen LogP contribution in [0.1, 0.15) is 41.3 Å². The number of hydrogen-bond acceptors (Lipinski definition) is 5. The van der Waals surface area contributed by atoms with Gasteiger partial charge in [-0.2, -0.15) is 0 Å². The van der Waals surface area contributed by atoms with E-state index in [1.54, 1.807) is 11.7 Å². The quantitative estimate of drug-likeness (QED) is 0.410. The van der Waals surface area contributed by atoms with Gasteiger partial charge in [0.15, 0.2) is 0 Å². The first kappa shape index (κ1) is 26.0. The van der Waals surface area contributed by atoms with Crippen LogP contribution in [-0.2, 0) is 17.8 Å². The topological polar surface area (TPSA) is 125 Å². The highest BCUT2D eigenvalue weighted by Gasteiger charge is 2.19. The van der Waals surface area contributed by atoms with Gasteiger partial charge in [0.1, 0.15) is 11.3 Å². The van der Waals surface area contributed by atoms with Crippen molar-refractivity contribution in [3.05, 3.63) is 63.7 Å². The molecule has 1 saturated heterocycles. The van der Waals surface area contributed by atoms with E-state index in [-0.39, 0.29) is 17.0 Å². The van der Waals surface area contributed by atoms with Crippen molar-refractivity contribution in [2.24, 2.45) is 5.92 Å². The molecule has 1 aliphatic heterocycles. The molecule has 4 N–H and O–H groups in total. The van der Waals surface area contributed by atoms with Crippen LogP contribution in [0.4, 0.5) is 0 Å². The standard InChI is InChI=1S/C24H30N4O3.C2H4O2/c1-16-8-11-28(15-17-4-3-9-25-13-17)24(30)22(16)23(29)26-10-7-18-14-27-21-6-5-19(31-2)12-20(18)21;1-2(3)4/h5-6,8,11-12,14,17,25,27H,3-4,7,9-10,13,15H2,1-2H3,(H,26,29);1H3,(H,3,4). The third kappa shape index (κ3) is 6.95. The summed E-state index contributed by atoms with van der Waals surface area (Å²) in [6.07, 6.45) is 6.65. The molecule has 9 heteroatoms. The number of nitrogens with one attached hydrogen (secondary N) is 3. The molecule has 1 aromatic carbocycles. The first-order valence-corrected chi connectivity index (χ1v) is 11.8. The number of nitrogens with zero attached hydrogens (tertiary/aromatic N) is 1. The number of fused-ring (bicyclic) bond motifs is 1. The Bertz CT molecular complexity index is 1220. The van der Waals surface area contributed by atoms with E-state index in [1.807, 2.05) is 43.6 Å². The number of aliphatic carboxylic acids is 1. The molecule has 1 unspecified atom stereocenters. The predicted octanol–water partition coefficient (Wildman–Crippen LogP) is 2.71. The van der Waals surface area contributed by atoms with Gasteiger partial charge in [-0.25, -0.2) is 0 Å². The van der Waals surface area contributed by atoms with Gasteiger partial charge in [0, 0.05) is 43.3 Å². The van der Waals surface area contributed by atoms with Crippen LogP contribution in [0, 0.1) is 12.8 Å². The summed E-state index contributed by atoms with van der Waals surface area (Å²) < 4.78 is 7.00. The van der Waals surface area contributed by atoms with Crippen molar-refractivity contribution in [2.75, 3.05) is 26.7 Å². The molecule has 3 aromatic rings. The van der Waals surface area contributed by atoms with Crippen LogP contribution in [0.2, 0.25) is 0 Å². The molecule has 1 aliphatic rings. The third-order valence-corrected chi connectivity index (χ3v) is 6.11. The second-order valence-electron chi connectivity index (χ2n) is 8.79. The fourth-order valence-electron chi connectivity index (χ4n) is 4.33. The van der Waals surface area contributed by atoms with Gasteiger partial charge in [-0.15, -0.1) is 0 Å². The number of carboxylic acid groups (broad SMARTS) is 1. The summed E-state index contributed by atoms with van der Waals surface area (Å²) in [5.41, 5.74) is 2.87. The SMILES string of the molecule is CC(=O)O.COc1ccc2[nH]cc(CCNC(=O)c3c(C)ccn(CC4CCCNC4)c3=O)c2c1. The van der Waals surface area contributed by atoms with Crippen molar-refractivity contribution in [3.8, 4) is 5.75 Å². The lowest BCUT2D eigenvalue weighted by Crippen LogP contribution is -2.38. The van der Waals surface area contributed by atoms with Crippen LogP contribution in [0.15, 0.2) is 41.5 Å². The molecular weight excluding hydrogens is 448 g/mol. The van der Waals surface area contributed by atoms with Gasteiger partial charge in [-0.05, 0) is 80.6 Å². The lowest BCUT2D eigenvalue weighted by Gasteiger charge is -2.23. The van der Waals surface area contributed by atoms with Gasteiger partial charge >= 0.3 is 0 Å². The van der Waals surface area contributed by atoms with E-state index in [4.69, 9.17) is 14.6 Å². The summed E-state index contributed by atoms with van der Waals surface area (Å²) in [5, 5.41) is 14.8. The minimum Gasteiger partial charge on any atom is -0.497 e. The second-order valence-corrected chi connectivity index (χ2v) is 8.79. The number of aryl methyl sites for hydroxylation is 1. The maximum atomic E-state index is 13.0. The lowest BCUT2D eigenvalue weighted by atomic mass is 9.99. The number of H-pyrrole nitrogens is 1. The molecule has 0 radical (unpaired) electrons. The van der Waals surface area contributed by atoms with Crippen molar-refractivity contribution in [2.45, 2.75) is 39.7 Å². The average Bonchev–Trinajstić information content (AvgIpc) is 3.23. The van der Waals surface area contributed by atoms with Crippen molar-refractivity contribution < 1.29 is 19.4 Å². The lowest BCUT2D eigenvalue weighted by molar-refractivity contribution is -0.134. The molecule has 0 saturated carbocycles. The summed E-state index contributed by atoms with van der Waals surface area (Å²) >= 11 is 0. The van der Waals surface area contributed by atoms with Crippen LogP contribution in [0.5, 0.6) is 5.75 Å². The largest absolute Gasteiger partial charge is 0.497 e. The molecule has 35 heavy (non-hydrogen) atoms. The smallest absolute Gasteiger partial charge is 0.300 e. The van der Waals surface area contributed by atoms with Crippen LogP contribution in [0.25, 0.3) is 10.9 Å². The first-order chi connectivity index (χ1) is 16.8. The predicted molar refractivity (Wildman–Crippen MR) is 135 cm³/mol. The Morgan fingerprint density at radius 1 is 1.29 bits per heavy atom. The van der Waals surface area contributed by atoms with E-state index in [1.165, 1.54) is 0 Å². The van der Waals surface area contributed by atoms with E-state index in [0.717, 1.165) is 55.1 Å². The highest BCUT2D eigenvalue weighted by atomic mass is 16.5. The molecule has 3 heterocycles. The Morgan fingerprint density at radius 2 is 2.06 bits per heavy atom. The molecule has 1 atom stereocenters. The molecule has 188 valence electrons. The number of pyridine rings is 1. The highest BCUT2D eigenvalue weighted by molar-refractivity contribution is 5.95. The van der Waals surface area contributed by atoms with Crippen LogP contribution in [-0.4, -0.2) is 53.3 Å². The Kier molecular flexibility index (Phi) is 9.08. The number of hydrogen-bond donors (Lipinski definition) is 4. The zero-order chi connectivity index (χ0) is 25.4.